The van der Waals surface area contributed by atoms with Gasteiger partial charge in [-0.2, -0.15) is 0 Å². The summed E-state index contributed by atoms with van der Waals surface area (Å²) in [6.45, 7) is 2.11. The molecule has 0 amide bonds. The summed E-state index contributed by atoms with van der Waals surface area (Å²) in [7, 11) is 0. The lowest BCUT2D eigenvalue weighted by molar-refractivity contribution is 0.290. The Labute approximate surface area is 102 Å². The normalized spacial score (nSPS) is 36.4. The highest BCUT2D eigenvalue weighted by Crippen LogP contribution is 2.42. The van der Waals surface area contributed by atoms with Crippen LogP contribution in [0.4, 0.5) is 0 Å². The molecule has 2 aliphatic heterocycles. The summed E-state index contributed by atoms with van der Waals surface area (Å²) in [5.74, 6) is 3.11. The second-order valence-corrected chi connectivity index (χ2v) is 6.01. The number of nitrogens with zero attached hydrogens (tertiary/aromatic N) is 3. The van der Waals surface area contributed by atoms with E-state index in [2.05, 4.69) is 27.0 Å². The third-order valence-electron chi connectivity index (χ3n) is 4.65. The molecule has 3 fully saturated rings. The van der Waals surface area contributed by atoms with Gasteiger partial charge in [-0.3, -0.25) is 0 Å². The van der Waals surface area contributed by atoms with Gasteiger partial charge in [0, 0.05) is 24.0 Å². The van der Waals surface area contributed by atoms with Crippen molar-refractivity contribution in [1.29, 1.82) is 0 Å². The van der Waals surface area contributed by atoms with Crippen LogP contribution in [0.5, 0.6) is 0 Å². The second kappa shape index (κ2) is 3.55. The number of hydrogen-bond donors (Lipinski definition) is 1. The Hall–Kier alpha value is -0.900. The van der Waals surface area contributed by atoms with Crippen molar-refractivity contribution in [2.45, 2.75) is 69.5 Å². The van der Waals surface area contributed by atoms with Crippen LogP contribution in [-0.2, 0) is 0 Å². The van der Waals surface area contributed by atoms with Crippen molar-refractivity contribution >= 4 is 0 Å². The minimum absolute atomic E-state index is 0.652. The fourth-order valence-corrected chi connectivity index (χ4v) is 3.69. The Morgan fingerprint density at radius 2 is 1.76 bits per heavy atom. The van der Waals surface area contributed by atoms with E-state index in [1.54, 1.807) is 0 Å². The molecule has 4 nitrogen and oxygen atoms in total. The monoisotopic (exact) mass is 232 g/mol. The molecule has 2 bridgehead atoms. The molecule has 1 aromatic rings. The number of piperidine rings is 1. The van der Waals surface area contributed by atoms with Gasteiger partial charge in [-0.15, -0.1) is 10.2 Å². The predicted octanol–water partition coefficient (Wildman–Crippen LogP) is 1.92. The average molecular weight is 232 g/mol. The minimum Gasteiger partial charge on any atom is -0.312 e. The van der Waals surface area contributed by atoms with Gasteiger partial charge >= 0.3 is 0 Å². The van der Waals surface area contributed by atoms with Crippen molar-refractivity contribution in [1.82, 2.24) is 20.1 Å². The summed E-state index contributed by atoms with van der Waals surface area (Å²) in [6.07, 6.45) is 7.90. The first-order chi connectivity index (χ1) is 8.31. The van der Waals surface area contributed by atoms with Crippen molar-refractivity contribution in [3.63, 3.8) is 0 Å². The molecule has 1 N–H and O–H groups in total. The molecule has 1 aliphatic carbocycles. The van der Waals surface area contributed by atoms with E-state index in [-0.39, 0.29) is 0 Å². The SMILES string of the molecule is Cc1nnc(C2CC2)n1C1CC2CCC(C1)N2. The molecule has 0 spiro atoms. The zero-order valence-corrected chi connectivity index (χ0v) is 10.4. The third kappa shape index (κ3) is 1.61. The second-order valence-electron chi connectivity index (χ2n) is 6.01. The highest BCUT2D eigenvalue weighted by molar-refractivity contribution is 5.11. The lowest BCUT2D eigenvalue weighted by Gasteiger charge is -2.31. The van der Waals surface area contributed by atoms with Crippen LogP contribution in [-0.4, -0.2) is 26.8 Å². The van der Waals surface area contributed by atoms with Crippen LogP contribution < -0.4 is 5.32 Å². The molecule has 4 heteroatoms. The highest BCUT2D eigenvalue weighted by Gasteiger charge is 2.38. The van der Waals surface area contributed by atoms with Crippen molar-refractivity contribution in [2.75, 3.05) is 0 Å². The number of nitrogens with one attached hydrogen (secondary N) is 1. The van der Waals surface area contributed by atoms with Crippen LogP contribution >= 0.6 is 0 Å². The molecular weight excluding hydrogens is 212 g/mol. The van der Waals surface area contributed by atoms with Gasteiger partial charge in [0.15, 0.2) is 0 Å². The van der Waals surface area contributed by atoms with E-state index in [4.69, 9.17) is 0 Å². The first-order valence-electron chi connectivity index (χ1n) is 6.98. The van der Waals surface area contributed by atoms with E-state index in [0.29, 0.717) is 12.0 Å². The standard InChI is InChI=1S/C13H20N4/c1-8-15-16-13(9-2-3-9)17(8)12-6-10-4-5-11(7-12)14-10/h9-12,14H,2-7H2,1H3. The van der Waals surface area contributed by atoms with Crippen LogP contribution in [0.2, 0.25) is 0 Å². The predicted molar refractivity (Wildman–Crippen MR) is 65.0 cm³/mol. The molecule has 1 saturated carbocycles. The number of aromatic nitrogens is 3. The molecule has 4 rings (SSSR count). The Kier molecular flexibility index (Phi) is 2.10. The number of fused-ring (bicyclic) bond motifs is 2. The Bertz CT molecular complexity index is 423. The highest BCUT2D eigenvalue weighted by atomic mass is 15.3. The molecular formula is C13H20N4. The molecule has 2 saturated heterocycles. The molecule has 17 heavy (non-hydrogen) atoms. The summed E-state index contributed by atoms with van der Waals surface area (Å²) in [5, 5.41) is 12.4. The lowest BCUT2D eigenvalue weighted by atomic mass is 9.99. The van der Waals surface area contributed by atoms with Gasteiger partial charge in [-0.25, -0.2) is 0 Å². The maximum absolute atomic E-state index is 4.42. The zero-order chi connectivity index (χ0) is 11.4. The summed E-state index contributed by atoms with van der Waals surface area (Å²) in [6, 6.07) is 2.14. The van der Waals surface area contributed by atoms with Gasteiger partial charge < -0.3 is 9.88 Å². The van der Waals surface area contributed by atoms with Gasteiger partial charge in [-0.05, 0) is 45.4 Å². The lowest BCUT2D eigenvalue weighted by Crippen LogP contribution is -2.39. The first kappa shape index (κ1) is 10.1. The van der Waals surface area contributed by atoms with Crippen LogP contribution in [0.3, 0.4) is 0 Å². The van der Waals surface area contributed by atoms with Crippen LogP contribution in [0, 0.1) is 6.92 Å². The fraction of sp³-hybridized carbons (Fsp3) is 0.846. The summed E-state index contributed by atoms with van der Waals surface area (Å²) in [4.78, 5) is 0. The molecule has 1 aromatic heterocycles. The van der Waals surface area contributed by atoms with E-state index in [0.717, 1.165) is 17.9 Å². The number of aryl methyl sites for hydroxylation is 1. The van der Waals surface area contributed by atoms with Crippen LogP contribution in [0.25, 0.3) is 0 Å². The molecule has 0 radical (unpaired) electrons. The van der Waals surface area contributed by atoms with Crippen molar-refractivity contribution in [3.05, 3.63) is 11.6 Å². The summed E-state index contributed by atoms with van der Waals surface area (Å²) >= 11 is 0. The number of rotatable bonds is 2. The first-order valence-corrected chi connectivity index (χ1v) is 6.98. The largest absolute Gasteiger partial charge is 0.312 e. The van der Waals surface area contributed by atoms with E-state index in [1.807, 2.05) is 0 Å². The van der Waals surface area contributed by atoms with Gasteiger partial charge in [-0.1, -0.05) is 0 Å². The summed E-state index contributed by atoms with van der Waals surface area (Å²) in [5.41, 5.74) is 0. The molecule has 0 aromatic carbocycles. The van der Waals surface area contributed by atoms with Gasteiger partial charge in [0.1, 0.15) is 11.6 Å². The molecule has 92 valence electrons. The zero-order valence-electron chi connectivity index (χ0n) is 10.4. The molecule has 2 unspecified atom stereocenters. The Morgan fingerprint density at radius 3 is 2.41 bits per heavy atom. The van der Waals surface area contributed by atoms with Crippen molar-refractivity contribution < 1.29 is 0 Å². The summed E-state index contributed by atoms with van der Waals surface area (Å²) < 4.78 is 2.46. The minimum atomic E-state index is 0.652. The van der Waals surface area contributed by atoms with E-state index in [1.165, 1.54) is 44.3 Å². The molecule has 3 aliphatic rings. The van der Waals surface area contributed by atoms with Gasteiger partial charge in [0.25, 0.3) is 0 Å². The maximum atomic E-state index is 4.42. The Balaban J connectivity index is 1.67. The van der Waals surface area contributed by atoms with E-state index >= 15 is 0 Å². The van der Waals surface area contributed by atoms with E-state index < -0.39 is 0 Å². The van der Waals surface area contributed by atoms with Gasteiger partial charge in [0.2, 0.25) is 0 Å². The maximum Gasteiger partial charge on any atom is 0.136 e. The van der Waals surface area contributed by atoms with Crippen molar-refractivity contribution in [2.24, 2.45) is 0 Å². The topological polar surface area (TPSA) is 42.7 Å². The Morgan fingerprint density at radius 1 is 1.06 bits per heavy atom. The number of hydrogen-bond acceptors (Lipinski definition) is 3. The van der Waals surface area contributed by atoms with Crippen molar-refractivity contribution in [3.8, 4) is 0 Å². The average Bonchev–Trinajstić information content (AvgIpc) is 3.02. The molecule has 2 atom stereocenters. The smallest absolute Gasteiger partial charge is 0.136 e. The van der Waals surface area contributed by atoms with Crippen LogP contribution in [0.1, 0.15) is 62.1 Å². The fourth-order valence-electron chi connectivity index (χ4n) is 3.69. The quantitative estimate of drug-likeness (QED) is 0.847. The third-order valence-corrected chi connectivity index (χ3v) is 4.65. The van der Waals surface area contributed by atoms with Gasteiger partial charge in [0.05, 0.1) is 0 Å². The van der Waals surface area contributed by atoms with Crippen LogP contribution in [0.15, 0.2) is 0 Å². The molecule has 3 heterocycles. The van der Waals surface area contributed by atoms with E-state index in [9.17, 15) is 0 Å².